The third kappa shape index (κ3) is 3.04. The molecule has 0 bridgehead atoms. The Hall–Kier alpha value is 0.210. The Labute approximate surface area is 60.8 Å². The second kappa shape index (κ2) is 4.09. The molecule has 9 heavy (non-hydrogen) atoms. The van der Waals surface area contributed by atoms with Crippen LogP contribution in [0.3, 0.4) is 0 Å². The highest BCUT2D eigenvalue weighted by Crippen LogP contribution is 2.10. The maximum absolute atomic E-state index is 8.71. The van der Waals surface area contributed by atoms with Crippen LogP contribution in [0, 0.1) is 0 Å². The van der Waals surface area contributed by atoms with Crippen LogP contribution >= 0.6 is 11.6 Å². The summed E-state index contributed by atoms with van der Waals surface area (Å²) in [4.78, 5) is 0. The number of hydrogen-bond donors (Lipinski definition) is 1. The lowest BCUT2D eigenvalue weighted by atomic mass is 10.1. The summed E-state index contributed by atoms with van der Waals surface area (Å²) in [5.74, 6) is 0.331. The Morgan fingerprint density at radius 3 is 2.33 bits per heavy atom. The summed E-state index contributed by atoms with van der Waals surface area (Å²) in [5, 5.41) is 8.71. The van der Waals surface area contributed by atoms with Crippen LogP contribution < -0.4 is 0 Å². The van der Waals surface area contributed by atoms with E-state index in [9.17, 15) is 0 Å². The number of aliphatic hydroxyl groups is 1. The average molecular weight is 153 g/mol. The molecule has 56 valence electrons. The SMILES string of the molecule is CCOC(C)(CO)CCl. The predicted octanol–water partition coefficient (Wildman–Crippen LogP) is 1.01. The van der Waals surface area contributed by atoms with Crippen molar-refractivity contribution in [2.45, 2.75) is 19.4 Å². The average Bonchev–Trinajstić information content (AvgIpc) is 1.89. The predicted molar refractivity (Wildman–Crippen MR) is 37.8 cm³/mol. The number of halogens is 1. The van der Waals surface area contributed by atoms with E-state index in [1.807, 2.05) is 6.92 Å². The fourth-order valence-electron chi connectivity index (χ4n) is 0.475. The van der Waals surface area contributed by atoms with E-state index in [1.54, 1.807) is 6.92 Å². The number of rotatable bonds is 4. The van der Waals surface area contributed by atoms with Crippen LogP contribution in [0.15, 0.2) is 0 Å². The van der Waals surface area contributed by atoms with Gasteiger partial charge in [0.25, 0.3) is 0 Å². The fraction of sp³-hybridized carbons (Fsp3) is 1.00. The zero-order valence-corrected chi connectivity index (χ0v) is 6.61. The molecule has 0 spiro atoms. The Morgan fingerprint density at radius 2 is 2.22 bits per heavy atom. The molecule has 1 atom stereocenters. The second-order valence-electron chi connectivity index (χ2n) is 2.17. The Balaban J connectivity index is 3.62. The fourth-order valence-corrected chi connectivity index (χ4v) is 0.637. The van der Waals surface area contributed by atoms with Crippen molar-refractivity contribution in [1.82, 2.24) is 0 Å². The summed E-state index contributed by atoms with van der Waals surface area (Å²) >= 11 is 5.50. The van der Waals surface area contributed by atoms with Crippen molar-refractivity contribution in [2.75, 3.05) is 19.1 Å². The molecule has 2 nitrogen and oxygen atoms in total. The van der Waals surface area contributed by atoms with Crippen LogP contribution in [0.1, 0.15) is 13.8 Å². The lowest BCUT2D eigenvalue weighted by molar-refractivity contribution is -0.0450. The second-order valence-corrected chi connectivity index (χ2v) is 2.44. The van der Waals surface area contributed by atoms with Crippen LogP contribution in [0.4, 0.5) is 0 Å². The van der Waals surface area contributed by atoms with Gasteiger partial charge in [0.15, 0.2) is 0 Å². The van der Waals surface area contributed by atoms with Gasteiger partial charge >= 0.3 is 0 Å². The first-order chi connectivity index (χ1) is 4.18. The van der Waals surface area contributed by atoms with Crippen LogP contribution in [0.5, 0.6) is 0 Å². The van der Waals surface area contributed by atoms with E-state index in [0.717, 1.165) is 0 Å². The normalized spacial score (nSPS) is 17.3. The zero-order valence-electron chi connectivity index (χ0n) is 5.85. The van der Waals surface area contributed by atoms with E-state index in [-0.39, 0.29) is 6.61 Å². The van der Waals surface area contributed by atoms with E-state index in [2.05, 4.69) is 0 Å². The van der Waals surface area contributed by atoms with Gasteiger partial charge in [-0.2, -0.15) is 0 Å². The van der Waals surface area contributed by atoms with E-state index < -0.39 is 5.60 Å². The molecule has 0 fully saturated rings. The van der Waals surface area contributed by atoms with Crippen molar-refractivity contribution in [2.24, 2.45) is 0 Å². The van der Waals surface area contributed by atoms with Gasteiger partial charge in [-0.25, -0.2) is 0 Å². The minimum atomic E-state index is -0.545. The van der Waals surface area contributed by atoms with Crippen LogP contribution in [0.25, 0.3) is 0 Å². The summed E-state index contributed by atoms with van der Waals surface area (Å²) in [7, 11) is 0. The van der Waals surface area contributed by atoms with E-state index >= 15 is 0 Å². The van der Waals surface area contributed by atoms with E-state index in [1.165, 1.54) is 0 Å². The molecule has 0 aromatic heterocycles. The van der Waals surface area contributed by atoms with Gasteiger partial charge in [0, 0.05) is 6.61 Å². The highest BCUT2D eigenvalue weighted by atomic mass is 35.5. The summed E-state index contributed by atoms with van der Waals surface area (Å²) < 4.78 is 5.15. The molecule has 0 rings (SSSR count). The molecule has 3 heteroatoms. The number of ether oxygens (including phenoxy) is 1. The van der Waals surface area contributed by atoms with Crippen molar-refractivity contribution < 1.29 is 9.84 Å². The number of aliphatic hydroxyl groups excluding tert-OH is 1. The molecule has 0 amide bonds. The molecule has 0 aromatic rings. The minimum Gasteiger partial charge on any atom is -0.393 e. The van der Waals surface area contributed by atoms with Crippen LogP contribution in [0.2, 0.25) is 0 Å². The monoisotopic (exact) mass is 152 g/mol. The molecular weight excluding hydrogens is 140 g/mol. The molecule has 0 heterocycles. The van der Waals surface area contributed by atoms with Crippen molar-refractivity contribution in [1.29, 1.82) is 0 Å². The van der Waals surface area contributed by atoms with Crippen molar-refractivity contribution in [3.05, 3.63) is 0 Å². The molecule has 0 aromatic carbocycles. The Morgan fingerprint density at radius 1 is 1.67 bits per heavy atom. The third-order valence-corrected chi connectivity index (χ3v) is 1.68. The number of hydrogen-bond acceptors (Lipinski definition) is 2. The lowest BCUT2D eigenvalue weighted by Gasteiger charge is -2.23. The molecule has 0 radical (unpaired) electrons. The molecule has 0 aliphatic heterocycles. The Bertz CT molecular complexity index is 71.5. The lowest BCUT2D eigenvalue weighted by Crippen LogP contribution is -2.35. The van der Waals surface area contributed by atoms with Gasteiger partial charge in [-0.15, -0.1) is 11.6 Å². The van der Waals surface area contributed by atoms with Crippen molar-refractivity contribution >= 4 is 11.6 Å². The summed E-state index contributed by atoms with van der Waals surface area (Å²) in [6.07, 6.45) is 0. The van der Waals surface area contributed by atoms with Gasteiger partial charge in [-0.1, -0.05) is 0 Å². The maximum atomic E-state index is 8.71. The minimum absolute atomic E-state index is 0.0235. The van der Waals surface area contributed by atoms with E-state index in [0.29, 0.717) is 12.5 Å². The smallest absolute Gasteiger partial charge is 0.102 e. The van der Waals surface area contributed by atoms with Crippen molar-refractivity contribution in [3.8, 4) is 0 Å². The largest absolute Gasteiger partial charge is 0.393 e. The van der Waals surface area contributed by atoms with Gasteiger partial charge in [0.1, 0.15) is 5.60 Å². The zero-order chi connectivity index (χ0) is 7.33. The third-order valence-electron chi connectivity index (χ3n) is 1.11. The van der Waals surface area contributed by atoms with Gasteiger partial charge in [0.2, 0.25) is 0 Å². The molecular formula is C6H13ClO2. The molecule has 0 aliphatic carbocycles. The standard InChI is InChI=1S/C6H13ClO2/c1-3-9-6(2,4-7)5-8/h8H,3-5H2,1-2H3. The van der Waals surface area contributed by atoms with Crippen molar-refractivity contribution in [3.63, 3.8) is 0 Å². The molecule has 0 saturated heterocycles. The molecule has 0 aliphatic rings. The molecule has 1 unspecified atom stereocenters. The highest BCUT2D eigenvalue weighted by Gasteiger charge is 2.21. The van der Waals surface area contributed by atoms with Crippen LogP contribution in [-0.4, -0.2) is 29.8 Å². The number of alkyl halides is 1. The maximum Gasteiger partial charge on any atom is 0.102 e. The highest BCUT2D eigenvalue weighted by molar-refractivity contribution is 6.18. The summed E-state index contributed by atoms with van der Waals surface area (Å²) in [5.41, 5.74) is -0.545. The first kappa shape index (κ1) is 9.21. The van der Waals surface area contributed by atoms with E-state index in [4.69, 9.17) is 21.4 Å². The summed E-state index contributed by atoms with van der Waals surface area (Å²) in [6.45, 7) is 4.22. The molecule has 1 N–H and O–H groups in total. The first-order valence-electron chi connectivity index (χ1n) is 2.99. The topological polar surface area (TPSA) is 29.5 Å². The van der Waals surface area contributed by atoms with Gasteiger partial charge in [0.05, 0.1) is 12.5 Å². The summed E-state index contributed by atoms with van der Waals surface area (Å²) in [6, 6.07) is 0. The Kier molecular flexibility index (Phi) is 4.19. The van der Waals surface area contributed by atoms with Crippen LogP contribution in [-0.2, 0) is 4.74 Å². The van der Waals surface area contributed by atoms with Gasteiger partial charge in [-0.3, -0.25) is 0 Å². The first-order valence-corrected chi connectivity index (χ1v) is 3.53. The molecule has 0 saturated carbocycles. The van der Waals surface area contributed by atoms with Gasteiger partial charge < -0.3 is 9.84 Å². The quantitative estimate of drug-likeness (QED) is 0.610. The van der Waals surface area contributed by atoms with Gasteiger partial charge in [-0.05, 0) is 13.8 Å².